The third kappa shape index (κ3) is 8.40. The van der Waals surface area contributed by atoms with E-state index >= 15 is 0 Å². The minimum Gasteiger partial charge on any atom is -0.431 e. The van der Waals surface area contributed by atoms with Crippen LogP contribution in [0, 0.1) is 0 Å². The van der Waals surface area contributed by atoms with Gasteiger partial charge in [0.2, 0.25) is 12.0 Å². The fraction of sp³-hybridized carbons (Fsp3) is 0.340. The molecule has 3 aromatic carbocycles. The Kier molecular flexibility index (Phi) is 11.7. The van der Waals surface area contributed by atoms with Crippen LogP contribution >= 0.6 is 0 Å². The average Bonchev–Trinajstić information content (AvgIpc) is 4.17. The maximum absolute atomic E-state index is 14.4. The third-order valence-corrected chi connectivity index (χ3v) is 12.2. The number of alkyl carbamates (subject to hydrolysis) is 1. The Bertz CT molecular complexity index is 2430. The second-order valence-electron chi connectivity index (χ2n) is 16.0. The number of H-pyrrole nitrogens is 2. The summed E-state index contributed by atoms with van der Waals surface area (Å²) in [5.41, 5.74) is 5.88. The minimum atomic E-state index is -1.07. The topological polar surface area (TPSA) is 165 Å². The third-order valence-electron chi connectivity index (χ3n) is 12.2. The number of hydrogen-bond acceptors (Lipinski definition) is 9. The van der Waals surface area contributed by atoms with Crippen molar-refractivity contribution in [2.75, 3.05) is 33.2 Å². The molecular weight excluding hydrogens is 769 g/mol. The first-order valence-corrected chi connectivity index (χ1v) is 21.3. The molecule has 3 aromatic heterocycles. The van der Waals surface area contributed by atoms with E-state index in [1.54, 1.807) is 35.6 Å². The smallest absolute Gasteiger partial charge is 0.408 e. The van der Waals surface area contributed by atoms with Crippen molar-refractivity contribution >= 4 is 17.9 Å². The predicted octanol–water partition coefficient (Wildman–Crippen LogP) is 7.58. The summed E-state index contributed by atoms with van der Waals surface area (Å²) in [7, 11) is 1.47. The second-order valence-corrected chi connectivity index (χ2v) is 16.0. The van der Waals surface area contributed by atoms with Crippen LogP contribution in [0.3, 0.4) is 0 Å². The summed E-state index contributed by atoms with van der Waals surface area (Å²) in [6.07, 6.45) is 12.2. The zero-order valence-corrected chi connectivity index (χ0v) is 34.2. The number of nitrogens with one attached hydrogen (secondary N) is 3. The molecule has 0 unspecified atom stereocenters. The van der Waals surface area contributed by atoms with Crippen LogP contribution in [0.4, 0.5) is 4.79 Å². The number of aromatic nitrogens is 6. The van der Waals surface area contributed by atoms with Gasteiger partial charge in [-0.25, -0.2) is 24.7 Å². The van der Waals surface area contributed by atoms with E-state index in [4.69, 9.17) is 24.7 Å². The van der Waals surface area contributed by atoms with Gasteiger partial charge in [-0.05, 0) is 62.7 Å². The van der Waals surface area contributed by atoms with E-state index in [2.05, 4.69) is 32.3 Å². The number of rotatable bonds is 11. The van der Waals surface area contributed by atoms with Crippen LogP contribution in [-0.2, 0) is 14.3 Å². The molecule has 3 aliphatic heterocycles. The molecule has 14 nitrogen and oxygen atoms in total. The van der Waals surface area contributed by atoms with E-state index in [1.807, 2.05) is 71.8 Å². The predicted molar refractivity (Wildman–Crippen MR) is 229 cm³/mol. The van der Waals surface area contributed by atoms with Crippen LogP contribution in [0.15, 0.2) is 110 Å². The van der Waals surface area contributed by atoms with E-state index in [9.17, 15) is 14.4 Å². The first kappa shape index (κ1) is 39.8. The number of imidazole rings is 2. The maximum atomic E-state index is 14.4. The van der Waals surface area contributed by atoms with Crippen molar-refractivity contribution in [2.45, 2.75) is 69.2 Å². The zero-order chi connectivity index (χ0) is 41.7. The normalized spacial score (nSPS) is 19.1. The van der Waals surface area contributed by atoms with Gasteiger partial charge >= 0.3 is 6.09 Å². The molecule has 6 aromatic rings. The van der Waals surface area contributed by atoms with Crippen LogP contribution in [0.1, 0.15) is 92.0 Å². The molecule has 14 heteroatoms. The molecule has 312 valence electrons. The lowest BCUT2D eigenvalue weighted by Gasteiger charge is -2.37. The van der Waals surface area contributed by atoms with Crippen molar-refractivity contribution in [2.24, 2.45) is 0 Å². The highest BCUT2D eigenvalue weighted by Gasteiger charge is 2.40. The summed E-state index contributed by atoms with van der Waals surface area (Å²) in [6, 6.07) is 26.5. The highest BCUT2D eigenvalue weighted by molar-refractivity contribution is 5.86. The van der Waals surface area contributed by atoms with Crippen molar-refractivity contribution in [3.63, 3.8) is 0 Å². The molecule has 3 aliphatic rings. The van der Waals surface area contributed by atoms with Gasteiger partial charge in [-0.2, -0.15) is 0 Å². The van der Waals surface area contributed by atoms with Crippen molar-refractivity contribution in [1.29, 1.82) is 0 Å². The van der Waals surface area contributed by atoms with Gasteiger partial charge in [0.25, 0.3) is 5.91 Å². The first-order chi connectivity index (χ1) is 29.9. The number of amides is 3. The van der Waals surface area contributed by atoms with Crippen molar-refractivity contribution < 1.29 is 19.1 Å². The molecule has 0 bridgehead atoms. The van der Waals surface area contributed by atoms with E-state index in [-0.39, 0.29) is 29.9 Å². The van der Waals surface area contributed by atoms with Gasteiger partial charge in [0, 0.05) is 49.2 Å². The largest absolute Gasteiger partial charge is 0.431 e. The van der Waals surface area contributed by atoms with E-state index in [0.29, 0.717) is 30.3 Å². The summed E-state index contributed by atoms with van der Waals surface area (Å²) >= 11 is 0. The summed E-state index contributed by atoms with van der Waals surface area (Å²) in [5, 5.41) is 2.45. The number of aromatic amines is 2. The standard InChI is InChI=1S/C47H50N10O4/c1-48-47(60)61-41(33-15-7-3-8-16-33)46(59)57-26-12-18-39(57)44-51-29-36(53-44)31-19-21-34(22-20-31)42-49-27-35(28-50-42)37-30-52-43(54-37)38-17-11-25-56(38)45(58)40(32-13-5-2-6-14-32)55-23-9-4-10-24-55/h2-3,5-8,13-16,19-22,27-30,38-41H,4,9-12,17-18,23-26H2,1H3,(H,48,60)(H,51,53)(H,52,54)/t38-,39-,40+,41+/m0/s1. The molecule has 0 spiro atoms. The van der Waals surface area contributed by atoms with Crippen molar-refractivity contribution in [1.82, 2.24) is 49.9 Å². The van der Waals surface area contributed by atoms with Crippen LogP contribution in [0.2, 0.25) is 0 Å². The second kappa shape index (κ2) is 17.9. The molecule has 61 heavy (non-hydrogen) atoms. The van der Waals surface area contributed by atoms with Gasteiger partial charge in [0.1, 0.15) is 17.7 Å². The minimum absolute atomic E-state index is 0.122. The quantitative estimate of drug-likeness (QED) is 0.120. The Morgan fingerprint density at radius 2 is 1.15 bits per heavy atom. The Hall–Kier alpha value is -6.67. The van der Waals surface area contributed by atoms with Gasteiger partial charge in [0.15, 0.2) is 5.82 Å². The molecule has 3 amide bonds. The maximum Gasteiger partial charge on any atom is 0.408 e. The number of benzene rings is 3. The number of nitrogens with zero attached hydrogens (tertiary/aromatic N) is 7. The van der Waals surface area contributed by atoms with Crippen LogP contribution in [0.5, 0.6) is 0 Å². The molecular formula is C47H50N10O4. The highest BCUT2D eigenvalue weighted by Crippen LogP contribution is 2.38. The number of carbonyl (C=O) groups is 3. The van der Waals surface area contributed by atoms with Gasteiger partial charge in [-0.1, -0.05) is 91.3 Å². The summed E-state index contributed by atoms with van der Waals surface area (Å²) in [5.74, 6) is 1.91. The molecule has 0 radical (unpaired) electrons. The van der Waals surface area contributed by atoms with Crippen molar-refractivity contribution in [3.05, 3.63) is 132 Å². The summed E-state index contributed by atoms with van der Waals surface area (Å²) in [6.45, 7) is 3.10. The molecule has 3 N–H and O–H groups in total. The number of ether oxygens (including phenoxy) is 1. The lowest BCUT2D eigenvalue weighted by molar-refractivity contribution is -0.142. The molecule has 3 saturated heterocycles. The monoisotopic (exact) mass is 818 g/mol. The molecule has 4 atom stereocenters. The van der Waals surface area contributed by atoms with Crippen molar-refractivity contribution in [3.8, 4) is 33.9 Å². The highest BCUT2D eigenvalue weighted by atomic mass is 16.6. The van der Waals surface area contributed by atoms with Crippen LogP contribution < -0.4 is 5.32 Å². The molecule has 9 rings (SSSR count). The average molecular weight is 819 g/mol. The van der Waals surface area contributed by atoms with Gasteiger partial charge in [-0.15, -0.1) is 0 Å². The lowest BCUT2D eigenvalue weighted by atomic mass is 10.00. The van der Waals surface area contributed by atoms with Crippen LogP contribution in [-0.4, -0.2) is 95.7 Å². The number of piperidine rings is 1. The number of likely N-dealkylation sites (tertiary alicyclic amines) is 3. The van der Waals surface area contributed by atoms with Gasteiger partial charge in [0.05, 0.1) is 35.9 Å². The molecule has 6 heterocycles. The Balaban J connectivity index is 0.860. The SMILES string of the molecule is CNC(=O)O[C@@H](C(=O)N1CCC[C@H]1c1ncc(-c2ccc(-c3ncc(-c4cnc([C@@H]5CCCN5C(=O)[C@@H](c5ccccc5)N5CCCCC5)[nH]4)cn3)cc2)[nH]1)c1ccccc1. The van der Waals surface area contributed by atoms with Gasteiger partial charge < -0.3 is 29.8 Å². The molecule has 3 fully saturated rings. The lowest BCUT2D eigenvalue weighted by Crippen LogP contribution is -2.44. The fourth-order valence-corrected chi connectivity index (χ4v) is 9.03. The zero-order valence-electron chi connectivity index (χ0n) is 34.2. The van der Waals surface area contributed by atoms with E-state index in [1.165, 1.54) is 13.5 Å². The summed E-state index contributed by atoms with van der Waals surface area (Å²) in [4.78, 5) is 72.4. The van der Waals surface area contributed by atoms with E-state index < -0.39 is 12.2 Å². The van der Waals surface area contributed by atoms with Crippen LogP contribution in [0.25, 0.3) is 33.9 Å². The van der Waals surface area contributed by atoms with Gasteiger partial charge in [-0.3, -0.25) is 14.5 Å². The fourth-order valence-electron chi connectivity index (χ4n) is 9.03. The first-order valence-electron chi connectivity index (χ1n) is 21.3. The number of carbonyl (C=O) groups excluding carboxylic acids is 3. The molecule has 0 aliphatic carbocycles. The molecule has 0 saturated carbocycles. The number of hydrogen-bond donors (Lipinski definition) is 3. The summed E-state index contributed by atoms with van der Waals surface area (Å²) < 4.78 is 5.56. The Morgan fingerprint density at radius 1 is 0.607 bits per heavy atom. The Morgan fingerprint density at radius 3 is 1.74 bits per heavy atom. The van der Waals surface area contributed by atoms with E-state index in [0.717, 1.165) is 91.1 Å². The Labute approximate surface area is 354 Å².